The van der Waals surface area contributed by atoms with Gasteiger partial charge in [-0.15, -0.1) is 0 Å². The van der Waals surface area contributed by atoms with Gasteiger partial charge in [-0.2, -0.15) is 0 Å². The number of nitrogens with one attached hydrogen (secondary N) is 1. The van der Waals surface area contributed by atoms with E-state index >= 15 is 0 Å². The summed E-state index contributed by atoms with van der Waals surface area (Å²) in [6.07, 6.45) is -0.450. The van der Waals surface area contributed by atoms with Crippen molar-refractivity contribution in [2.75, 3.05) is 13.7 Å². The molecule has 76 valence electrons. The van der Waals surface area contributed by atoms with Gasteiger partial charge in [0.15, 0.2) is 0 Å². The molecular formula is C11H15NO2. The summed E-state index contributed by atoms with van der Waals surface area (Å²) in [7, 11) is 1.65. The van der Waals surface area contributed by atoms with Crippen LogP contribution in [0.2, 0.25) is 0 Å². The van der Waals surface area contributed by atoms with Gasteiger partial charge in [0.05, 0.1) is 13.2 Å². The van der Waals surface area contributed by atoms with E-state index in [4.69, 9.17) is 4.74 Å². The summed E-state index contributed by atoms with van der Waals surface area (Å²) in [4.78, 5) is 0. The smallest absolute Gasteiger partial charge is 0.127 e. The molecule has 0 bridgehead atoms. The number of aliphatic hydroxyl groups is 1. The Kier molecular flexibility index (Phi) is 2.44. The largest absolute Gasteiger partial charge is 0.496 e. The topological polar surface area (TPSA) is 41.5 Å². The van der Waals surface area contributed by atoms with E-state index in [-0.39, 0.29) is 0 Å². The number of ether oxygens (including phenoxy) is 1. The lowest BCUT2D eigenvalue weighted by Crippen LogP contribution is -2.28. The van der Waals surface area contributed by atoms with Crippen molar-refractivity contribution in [2.24, 2.45) is 0 Å². The number of methoxy groups -OCH3 is 1. The van der Waals surface area contributed by atoms with Crippen molar-refractivity contribution in [3.8, 4) is 5.75 Å². The van der Waals surface area contributed by atoms with E-state index in [0.717, 1.165) is 29.0 Å². The van der Waals surface area contributed by atoms with Crippen LogP contribution in [0.15, 0.2) is 12.1 Å². The van der Waals surface area contributed by atoms with Gasteiger partial charge in [0, 0.05) is 18.7 Å². The molecule has 1 heterocycles. The Hall–Kier alpha value is -1.06. The molecule has 0 saturated carbocycles. The van der Waals surface area contributed by atoms with Crippen LogP contribution in [0.1, 0.15) is 22.8 Å². The SMILES string of the molecule is COc1c(C)ccc2c1C(O)CNC2. The maximum absolute atomic E-state index is 9.86. The van der Waals surface area contributed by atoms with E-state index in [1.165, 1.54) is 0 Å². The maximum Gasteiger partial charge on any atom is 0.127 e. The highest BCUT2D eigenvalue weighted by Gasteiger charge is 2.22. The molecule has 0 aliphatic carbocycles. The van der Waals surface area contributed by atoms with Gasteiger partial charge in [-0.3, -0.25) is 0 Å². The maximum atomic E-state index is 9.86. The molecule has 2 N–H and O–H groups in total. The Morgan fingerprint density at radius 1 is 1.50 bits per heavy atom. The lowest BCUT2D eigenvalue weighted by atomic mass is 9.95. The molecule has 1 aromatic rings. The zero-order valence-corrected chi connectivity index (χ0v) is 8.50. The van der Waals surface area contributed by atoms with Gasteiger partial charge in [-0.05, 0) is 18.1 Å². The molecule has 1 aromatic carbocycles. The molecule has 0 aromatic heterocycles. The number of β-amino-alcohol motifs (C(OH)–C–C–N with tert-alkyl or cyclic N) is 1. The predicted octanol–water partition coefficient (Wildman–Crippen LogP) is 1.14. The highest BCUT2D eigenvalue weighted by molar-refractivity contribution is 5.48. The molecule has 0 saturated heterocycles. The first-order valence-corrected chi connectivity index (χ1v) is 4.79. The molecule has 3 nitrogen and oxygen atoms in total. The van der Waals surface area contributed by atoms with Gasteiger partial charge in [0.1, 0.15) is 5.75 Å². The van der Waals surface area contributed by atoms with Gasteiger partial charge in [-0.1, -0.05) is 12.1 Å². The Labute approximate surface area is 83.7 Å². The molecule has 1 aliphatic heterocycles. The number of aryl methyl sites for hydroxylation is 1. The third kappa shape index (κ3) is 1.38. The summed E-state index contributed by atoms with van der Waals surface area (Å²) in [5.41, 5.74) is 3.16. The lowest BCUT2D eigenvalue weighted by molar-refractivity contribution is 0.160. The van der Waals surface area contributed by atoms with Crippen molar-refractivity contribution >= 4 is 0 Å². The third-order valence-corrected chi connectivity index (χ3v) is 2.67. The Morgan fingerprint density at radius 2 is 2.29 bits per heavy atom. The first-order valence-electron chi connectivity index (χ1n) is 4.79. The van der Waals surface area contributed by atoms with Gasteiger partial charge < -0.3 is 15.2 Å². The van der Waals surface area contributed by atoms with Gasteiger partial charge in [-0.25, -0.2) is 0 Å². The fourth-order valence-electron chi connectivity index (χ4n) is 1.99. The van der Waals surface area contributed by atoms with Crippen molar-refractivity contribution in [1.82, 2.24) is 5.32 Å². The van der Waals surface area contributed by atoms with Crippen molar-refractivity contribution in [1.29, 1.82) is 0 Å². The normalized spacial score (nSPS) is 20.4. The van der Waals surface area contributed by atoms with Crippen molar-refractivity contribution in [3.05, 3.63) is 28.8 Å². The van der Waals surface area contributed by atoms with E-state index in [2.05, 4.69) is 5.32 Å². The highest BCUT2D eigenvalue weighted by atomic mass is 16.5. The number of hydrogen-bond donors (Lipinski definition) is 2. The zero-order valence-electron chi connectivity index (χ0n) is 8.50. The van der Waals surface area contributed by atoms with Crippen LogP contribution in [0.25, 0.3) is 0 Å². The number of aliphatic hydroxyl groups excluding tert-OH is 1. The third-order valence-electron chi connectivity index (χ3n) is 2.67. The summed E-state index contributed by atoms with van der Waals surface area (Å²) in [6, 6.07) is 4.07. The second-order valence-electron chi connectivity index (χ2n) is 3.64. The van der Waals surface area contributed by atoms with Crippen molar-refractivity contribution in [2.45, 2.75) is 19.6 Å². The average Bonchev–Trinajstić information content (AvgIpc) is 2.19. The van der Waals surface area contributed by atoms with Crippen LogP contribution < -0.4 is 10.1 Å². The molecule has 0 radical (unpaired) electrons. The first-order chi connectivity index (χ1) is 6.74. The monoisotopic (exact) mass is 193 g/mol. The van der Waals surface area contributed by atoms with E-state index in [0.29, 0.717) is 6.54 Å². The molecule has 14 heavy (non-hydrogen) atoms. The molecule has 0 amide bonds. The van der Waals surface area contributed by atoms with Crippen LogP contribution in [-0.4, -0.2) is 18.8 Å². The summed E-state index contributed by atoms with van der Waals surface area (Å²) < 4.78 is 5.33. The van der Waals surface area contributed by atoms with Crippen LogP contribution in [0.3, 0.4) is 0 Å². The van der Waals surface area contributed by atoms with Crippen LogP contribution in [-0.2, 0) is 6.54 Å². The minimum Gasteiger partial charge on any atom is -0.496 e. The number of rotatable bonds is 1. The quantitative estimate of drug-likeness (QED) is 0.702. The van der Waals surface area contributed by atoms with Crippen LogP contribution >= 0.6 is 0 Å². The zero-order chi connectivity index (χ0) is 10.1. The Balaban J connectivity index is 2.57. The van der Waals surface area contributed by atoms with Gasteiger partial charge in [0.2, 0.25) is 0 Å². The van der Waals surface area contributed by atoms with Crippen LogP contribution in [0, 0.1) is 6.92 Å². The van der Waals surface area contributed by atoms with E-state index < -0.39 is 6.10 Å². The van der Waals surface area contributed by atoms with Crippen molar-refractivity contribution in [3.63, 3.8) is 0 Å². The molecule has 0 fully saturated rings. The number of benzene rings is 1. The van der Waals surface area contributed by atoms with E-state index in [9.17, 15) is 5.11 Å². The highest BCUT2D eigenvalue weighted by Crippen LogP contribution is 2.33. The fraction of sp³-hybridized carbons (Fsp3) is 0.455. The van der Waals surface area contributed by atoms with Crippen LogP contribution in [0.4, 0.5) is 0 Å². The molecule has 1 atom stereocenters. The molecule has 1 unspecified atom stereocenters. The first kappa shape index (κ1) is 9.49. The van der Waals surface area contributed by atoms with Gasteiger partial charge in [0.25, 0.3) is 0 Å². The Bertz CT molecular complexity index is 349. The van der Waals surface area contributed by atoms with E-state index in [1.54, 1.807) is 7.11 Å². The summed E-state index contributed by atoms with van der Waals surface area (Å²) in [5, 5.41) is 13.0. The predicted molar refractivity (Wildman–Crippen MR) is 54.4 cm³/mol. The molecule has 2 rings (SSSR count). The molecule has 3 heteroatoms. The second-order valence-corrected chi connectivity index (χ2v) is 3.64. The minimum absolute atomic E-state index is 0.450. The standard InChI is InChI=1S/C11H15NO2/c1-7-3-4-8-5-12-6-9(13)10(8)11(7)14-2/h3-4,9,12-13H,5-6H2,1-2H3. The summed E-state index contributed by atoms with van der Waals surface area (Å²) in [5.74, 6) is 0.830. The van der Waals surface area contributed by atoms with Crippen LogP contribution in [0.5, 0.6) is 5.75 Å². The molecular weight excluding hydrogens is 178 g/mol. The van der Waals surface area contributed by atoms with E-state index in [1.807, 2.05) is 19.1 Å². The average molecular weight is 193 g/mol. The Morgan fingerprint density at radius 3 is 3.00 bits per heavy atom. The van der Waals surface area contributed by atoms with Crippen molar-refractivity contribution < 1.29 is 9.84 Å². The molecule has 0 spiro atoms. The number of hydrogen-bond acceptors (Lipinski definition) is 3. The lowest BCUT2D eigenvalue weighted by Gasteiger charge is -2.25. The summed E-state index contributed by atoms with van der Waals surface area (Å²) >= 11 is 0. The minimum atomic E-state index is -0.450. The number of fused-ring (bicyclic) bond motifs is 1. The fourth-order valence-corrected chi connectivity index (χ4v) is 1.99. The van der Waals surface area contributed by atoms with Gasteiger partial charge >= 0.3 is 0 Å². The summed E-state index contributed by atoms with van der Waals surface area (Å²) in [6.45, 7) is 3.41. The molecule has 1 aliphatic rings. The second kappa shape index (κ2) is 3.59.